The molecule has 1 aromatic heterocycles. The van der Waals surface area contributed by atoms with E-state index in [2.05, 4.69) is 16.9 Å². The van der Waals surface area contributed by atoms with Gasteiger partial charge in [0, 0.05) is 38.6 Å². The fraction of sp³-hybridized carbons (Fsp3) is 0.583. The lowest BCUT2D eigenvalue weighted by Crippen LogP contribution is -2.36. The van der Waals surface area contributed by atoms with Gasteiger partial charge in [0.25, 0.3) is 0 Å². The van der Waals surface area contributed by atoms with Gasteiger partial charge in [0.05, 0.1) is 6.10 Å². The average Bonchev–Trinajstić information content (AvgIpc) is 2.29. The molecular weight excluding hydrogens is 202 g/mol. The summed E-state index contributed by atoms with van der Waals surface area (Å²) in [7, 11) is 2.07. The van der Waals surface area contributed by atoms with Gasteiger partial charge in [-0.3, -0.25) is 9.88 Å². The van der Waals surface area contributed by atoms with Crippen molar-refractivity contribution in [2.45, 2.75) is 19.6 Å². The van der Waals surface area contributed by atoms with Crippen molar-refractivity contribution in [3.63, 3.8) is 0 Å². The van der Waals surface area contributed by atoms with Crippen LogP contribution in [-0.2, 0) is 11.3 Å². The van der Waals surface area contributed by atoms with Gasteiger partial charge in [0.1, 0.15) is 0 Å². The topological polar surface area (TPSA) is 51.4 Å². The summed E-state index contributed by atoms with van der Waals surface area (Å²) in [5.41, 5.74) is 6.89. The van der Waals surface area contributed by atoms with Gasteiger partial charge in [0.2, 0.25) is 0 Å². The zero-order chi connectivity index (χ0) is 11.8. The lowest BCUT2D eigenvalue weighted by atomic mass is 10.2. The van der Waals surface area contributed by atoms with Crippen LogP contribution in [0.4, 0.5) is 0 Å². The van der Waals surface area contributed by atoms with Crippen LogP contribution in [-0.4, -0.2) is 42.7 Å². The number of nitrogens with two attached hydrogens (primary N) is 1. The molecule has 16 heavy (non-hydrogen) atoms. The Kier molecular flexibility index (Phi) is 6.00. The van der Waals surface area contributed by atoms with E-state index in [0.29, 0.717) is 13.2 Å². The molecule has 0 aliphatic rings. The first-order valence-electron chi connectivity index (χ1n) is 5.65. The number of aromatic nitrogens is 1. The Balaban J connectivity index is 2.37. The van der Waals surface area contributed by atoms with Crippen LogP contribution in [0, 0.1) is 0 Å². The minimum atomic E-state index is 0.122. The Hall–Kier alpha value is -0.970. The molecule has 2 N–H and O–H groups in total. The van der Waals surface area contributed by atoms with Crippen LogP contribution in [0.15, 0.2) is 24.5 Å². The summed E-state index contributed by atoms with van der Waals surface area (Å²) in [5, 5.41) is 0. The third kappa shape index (κ3) is 4.70. The quantitative estimate of drug-likeness (QED) is 0.745. The van der Waals surface area contributed by atoms with E-state index in [1.807, 2.05) is 31.5 Å². The molecule has 0 fully saturated rings. The van der Waals surface area contributed by atoms with Crippen molar-refractivity contribution >= 4 is 0 Å². The molecule has 0 spiro atoms. The molecule has 1 unspecified atom stereocenters. The van der Waals surface area contributed by atoms with Gasteiger partial charge in [-0.05, 0) is 31.7 Å². The molecule has 0 radical (unpaired) electrons. The number of rotatable bonds is 7. The molecular formula is C12H21N3O. The Morgan fingerprint density at radius 2 is 2.12 bits per heavy atom. The van der Waals surface area contributed by atoms with E-state index < -0.39 is 0 Å². The second-order valence-corrected chi connectivity index (χ2v) is 3.87. The van der Waals surface area contributed by atoms with Crippen LogP contribution in [0.3, 0.4) is 0 Å². The maximum Gasteiger partial charge on any atom is 0.0823 e. The predicted octanol–water partition coefficient (Wildman–Crippen LogP) is 0.877. The van der Waals surface area contributed by atoms with Gasteiger partial charge in [-0.15, -0.1) is 0 Å². The van der Waals surface area contributed by atoms with Crippen LogP contribution >= 0.6 is 0 Å². The molecule has 0 aliphatic carbocycles. The molecule has 1 aromatic rings. The third-order valence-electron chi connectivity index (χ3n) is 2.38. The summed E-state index contributed by atoms with van der Waals surface area (Å²) in [4.78, 5) is 6.21. The highest BCUT2D eigenvalue weighted by Gasteiger charge is 2.09. The molecule has 0 aromatic carbocycles. The number of hydrogen-bond acceptors (Lipinski definition) is 4. The monoisotopic (exact) mass is 223 g/mol. The number of ether oxygens (including phenoxy) is 1. The minimum absolute atomic E-state index is 0.122. The average molecular weight is 223 g/mol. The number of hydrogen-bond donors (Lipinski definition) is 1. The summed E-state index contributed by atoms with van der Waals surface area (Å²) < 4.78 is 5.52. The van der Waals surface area contributed by atoms with Crippen LogP contribution in [0.25, 0.3) is 0 Å². The Morgan fingerprint density at radius 3 is 2.69 bits per heavy atom. The summed E-state index contributed by atoms with van der Waals surface area (Å²) in [6.45, 7) is 5.02. The zero-order valence-corrected chi connectivity index (χ0v) is 10.1. The summed E-state index contributed by atoms with van der Waals surface area (Å²) in [6.07, 6.45) is 3.75. The molecule has 0 saturated carbocycles. The number of pyridine rings is 1. The van der Waals surface area contributed by atoms with Crippen LogP contribution in [0.5, 0.6) is 0 Å². The standard InChI is InChI=1S/C12H21N3O/c1-3-16-12(8-13)10-15(2)9-11-4-6-14-7-5-11/h4-7,12H,3,8-10,13H2,1-2H3. The van der Waals surface area contributed by atoms with E-state index in [9.17, 15) is 0 Å². The Bertz CT molecular complexity index is 279. The molecule has 4 heteroatoms. The largest absolute Gasteiger partial charge is 0.376 e. The minimum Gasteiger partial charge on any atom is -0.376 e. The predicted molar refractivity (Wildman–Crippen MR) is 65.0 cm³/mol. The Morgan fingerprint density at radius 1 is 1.44 bits per heavy atom. The van der Waals surface area contributed by atoms with Gasteiger partial charge in [-0.1, -0.05) is 0 Å². The highest BCUT2D eigenvalue weighted by Crippen LogP contribution is 2.02. The van der Waals surface area contributed by atoms with Gasteiger partial charge in [-0.25, -0.2) is 0 Å². The first-order valence-corrected chi connectivity index (χ1v) is 5.65. The van der Waals surface area contributed by atoms with E-state index in [-0.39, 0.29) is 6.10 Å². The fourth-order valence-electron chi connectivity index (χ4n) is 1.64. The molecule has 1 heterocycles. The second kappa shape index (κ2) is 7.33. The zero-order valence-electron chi connectivity index (χ0n) is 10.1. The molecule has 0 aliphatic heterocycles. The normalized spacial score (nSPS) is 13.0. The summed E-state index contributed by atoms with van der Waals surface area (Å²) in [6, 6.07) is 4.04. The van der Waals surface area contributed by atoms with Crippen molar-refractivity contribution in [3.05, 3.63) is 30.1 Å². The van der Waals surface area contributed by atoms with Crippen LogP contribution in [0.2, 0.25) is 0 Å². The first kappa shape index (κ1) is 13.1. The van der Waals surface area contributed by atoms with Crippen molar-refractivity contribution in [1.82, 2.24) is 9.88 Å². The smallest absolute Gasteiger partial charge is 0.0823 e. The fourth-order valence-corrected chi connectivity index (χ4v) is 1.64. The number of likely N-dealkylation sites (N-methyl/N-ethyl adjacent to an activating group) is 1. The second-order valence-electron chi connectivity index (χ2n) is 3.87. The van der Waals surface area contributed by atoms with E-state index in [1.54, 1.807) is 0 Å². The molecule has 0 saturated heterocycles. The molecule has 0 bridgehead atoms. The van der Waals surface area contributed by atoms with E-state index in [0.717, 1.165) is 13.1 Å². The van der Waals surface area contributed by atoms with Crippen molar-refractivity contribution in [2.75, 3.05) is 26.7 Å². The summed E-state index contributed by atoms with van der Waals surface area (Å²) in [5.74, 6) is 0. The van der Waals surface area contributed by atoms with Gasteiger partial charge in [0.15, 0.2) is 0 Å². The molecule has 1 rings (SSSR count). The van der Waals surface area contributed by atoms with Gasteiger partial charge in [-0.2, -0.15) is 0 Å². The molecule has 4 nitrogen and oxygen atoms in total. The van der Waals surface area contributed by atoms with E-state index >= 15 is 0 Å². The van der Waals surface area contributed by atoms with Gasteiger partial charge < -0.3 is 10.5 Å². The third-order valence-corrected chi connectivity index (χ3v) is 2.38. The van der Waals surface area contributed by atoms with E-state index in [4.69, 9.17) is 10.5 Å². The molecule has 90 valence electrons. The van der Waals surface area contributed by atoms with Crippen molar-refractivity contribution in [1.29, 1.82) is 0 Å². The van der Waals surface area contributed by atoms with Crippen molar-refractivity contribution in [3.8, 4) is 0 Å². The van der Waals surface area contributed by atoms with Crippen LogP contribution in [0.1, 0.15) is 12.5 Å². The maximum absolute atomic E-state index is 5.64. The molecule has 1 atom stereocenters. The SMILES string of the molecule is CCOC(CN)CN(C)Cc1ccncc1. The molecule has 0 amide bonds. The highest BCUT2D eigenvalue weighted by atomic mass is 16.5. The van der Waals surface area contributed by atoms with Gasteiger partial charge >= 0.3 is 0 Å². The summed E-state index contributed by atoms with van der Waals surface area (Å²) >= 11 is 0. The van der Waals surface area contributed by atoms with E-state index in [1.165, 1.54) is 5.56 Å². The first-order chi connectivity index (χ1) is 7.76. The Labute approximate surface area is 97.4 Å². The number of nitrogens with zero attached hydrogens (tertiary/aromatic N) is 2. The lowest BCUT2D eigenvalue weighted by Gasteiger charge is -2.22. The van der Waals surface area contributed by atoms with Crippen molar-refractivity contribution in [2.24, 2.45) is 5.73 Å². The van der Waals surface area contributed by atoms with Crippen molar-refractivity contribution < 1.29 is 4.74 Å². The van der Waals surface area contributed by atoms with Crippen LogP contribution < -0.4 is 5.73 Å². The maximum atomic E-state index is 5.64. The lowest BCUT2D eigenvalue weighted by molar-refractivity contribution is 0.0437. The highest BCUT2D eigenvalue weighted by molar-refractivity contribution is 5.09.